The standard InChI is InChI=1S/C11H9BrO3.C9H7BrO2/c1-2-7-4-8-10(14)6(5-13)3-9(12)11(8)15-7;1-5-4-6-8(11)3-2-7(10)9(6)12-5/h3-5,14H,2H2,1H3;2-4,11H,1H3. The van der Waals surface area contributed by atoms with E-state index in [1.54, 1.807) is 24.3 Å². The van der Waals surface area contributed by atoms with Crippen LogP contribution in [-0.4, -0.2) is 16.5 Å². The van der Waals surface area contributed by atoms with Gasteiger partial charge in [-0.1, -0.05) is 6.92 Å². The summed E-state index contributed by atoms with van der Waals surface area (Å²) in [4.78, 5) is 10.7. The van der Waals surface area contributed by atoms with E-state index in [9.17, 15) is 15.0 Å². The molecule has 0 aliphatic heterocycles. The zero-order valence-corrected chi connectivity index (χ0v) is 17.7. The number of fused-ring (bicyclic) bond motifs is 2. The number of phenols is 2. The largest absolute Gasteiger partial charge is 0.507 e. The van der Waals surface area contributed by atoms with Crippen molar-refractivity contribution in [1.29, 1.82) is 0 Å². The molecule has 140 valence electrons. The first kappa shape index (κ1) is 19.5. The quantitative estimate of drug-likeness (QED) is 0.310. The Balaban J connectivity index is 0.000000159. The second-order valence-electron chi connectivity index (χ2n) is 5.89. The van der Waals surface area contributed by atoms with Gasteiger partial charge in [0.15, 0.2) is 17.5 Å². The number of carbonyl (C=O) groups excluding carboxylic acids is 1. The smallest absolute Gasteiger partial charge is 0.153 e. The SMILES string of the molecule is CCc1cc2c(O)c(C=O)cc(Br)c2o1.Cc1cc2c(O)ccc(Br)c2o1. The molecule has 2 aromatic heterocycles. The lowest BCUT2D eigenvalue weighted by molar-refractivity contribution is 0.112. The lowest BCUT2D eigenvalue weighted by Crippen LogP contribution is -1.82. The molecular weight excluding hydrogens is 480 g/mol. The molecule has 5 nitrogen and oxygen atoms in total. The van der Waals surface area contributed by atoms with Crippen LogP contribution in [0.2, 0.25) is 0 Å². The van der Waals surface area contributed by atoms with E-state index in [2.05, 4.69) is 31.9 Å². The average Bonchev–Trinajstić information content (AvgIpc) is 3.26. The number of carbonyl (C=O) groups is 1. The number of hydrogen-bond donors (Lipinski definition) is 2. The maximum atomic E-state index is 10.7. The number of halogens is 2. The van der Waals surface area contributed by atoms with E-state index < -0.39 is 0 Å². The molecule has 0 saturated heterocycles. The van der Waals surface area contributed by atoms with Gasteiger partial charge in [-0.05, 0) is 69.1 Å². The number of phenolic OH excluding ortho intramolecular Hbond substituents is 2. The van der Waals surface area contributed by atoms with Gasteiger partial charge in [-0.15, -0.1) is 0 Å². The van der Waals surface area contributed by atoms with Gasteiger partial charge in [-0.25, -0.2) is 0 Å². The summed E-state index contributed by atoms with van der Waals surface area (Å²) in [6.07, 6.45) is 1.37. The molecule has 7 heteroatoms. The number of benzene rings is 2. The van der Waals surface area contributed by atoms with Crippen molar-refractivity contribution in [3.05, 3.63) is 56.4 Å². The fourth-order valence-corrected chi connectivity index (χ4v) is 3.65. The zero-order valence-electron chi connectivity index (χ0n) is 14.5. The minimum Gasteiger partial charge on any atom is -0.507 e. The number of hydrogen-bond acceptors (Lipinski definition) is 5. The molecule has 0 unspecified atom stereocenters. The minimum atomic E-state index is -0.0216. The molecule has 0 aliphatic carbocycles. The molecule has 0 amide bonds. The van der Waals surface area contributed by atoms with E-state index in [0.717, 1.165) is 27.8 Å². The molecule has 0 spiro atoms. The van der Waals surface area contributed by atoms with E-state index in [0.29, 0.717) is 27.3 Å². The Morgan fingerprint density at radius 3 is 2.33 bits per heavy atom. The predicted molar refractivity (Wildman–Crippen MR) is 111 cm³/mol. The highest BCUT2D eigenvalue weighted by Gasteiger charge is 2.14. The van der Waals surface area contributed by atoms with Gasteiger partial charge in [0, 0.05) is 6.42 Å². The molecule has 0 aliphatic rings. The van der Waals surface area contributed by atoms with E-state index in [-0.39, 0.29) is 17.1 Å². The second-order valence-corrected chi connectivity index (χ2v) is 7.60. The van der Waals surface area contributed by atoms with Crippen molar-refractivity contribution in [3.63, 3.8) is 0 Å². The van der Waals surface area contributed by atoms with Gasteiger partial charge in [0.25, 0.3) is 0 Å². The minimum absolute atomic E-state index is 0.0216. The number of aldehydes is 1. The number of rotatable bonds is 2. The molecule has 27 heavy (non-hydrogen) atoms. The van der Waals surface area contributed by atoms with Crippen LogP contribution in [0.4, 0.5) is 0 Å². The Labute approximate surface area is 171 Å². The molecule has 0 atom stereocenters. The molecule has 2 heterocycles. The summed E-state index contributed by atoms with van der Waals surface area (Å²) in [7, 11) is 0. The molecule has 2 aromatic carbocycles. The van der Waals surface area contributed by atoms with Crippen molar-refractivity contribution >= 4 is 60.1 Å². The summed E-state index contributed by atoms with van der Waals surface area (Å²) in [6.45, 7) is 3.81. The maximum Gasteiger partial charge on any atom is 0.153 e. The predicted octanol–water partition coefficient (Wildman–Crippen LogP) is 6.49. The topological polar surface area (TPSA) is 83.8 Å². The monoisotopic (exact) mass is 494 g/mol. The summed E-state index contributed by atoms with van der Waals surface area (Å²) >= 11 is 6.64. The van der Waals surface area contributed by atoms with Crippen molar-refractivity contribution < 1.29 is 23.8 Å². The van der Waals surface area contributed by atoms with E-state index in [4.69, 9.17) is 8.83 Å². The van der Waals surface area contributed by atoms with Crippen LogP contribution in [0.25, 0.3) is 21.9 Å². The number of aryl methyl sites for hydroxylation is 2. The lowest BCUT2D eigenvalue weighted by atomic mass is 10.1. The van der Waals surface area contributed by atoms with E-state index >= 15 is 0 Å². The molecule has 0 saturated carbocycles. The molecule has 0 bridgehead atoms. The normalized spacial score (nSPS) is 10.8. The van der Waals surface area contributed by atoms with E-state index in [1.807, 2.05) is 19.9 Å². The Morgan fingerprint density at radius 2 is 1.70 bits per heavy atom. The number of furan rings is 2. The van der Waals surface area contributed by atoms with Crippen LogP contribution >= 0.6 is 31.9 Å². The highest BCUT2D eigenvalue weighted by atomic mass is 79.9. The van der Waals surface area contributed by atoms with Crippen molar-refractivity contribution in [2.75, 3.05) is 0 Å². The highest BCUT2D eigenvalue weighted by Crippen LogP contribution is 2.36. The van der Waals surface area contributed by atoms with E-state index in [1.165, 1.54) is 0 Å². The van der Waals surface area contributed by atoms with Crippen LogP contribution in [0, 0.1) is 6.92 Å². The van der Waals surface area contributed by atoms with Gasteiger partial charge in [0.2, 0.25) is 0 Å². The third-order valence-corrected chi connectivity index (χ3v) is 5.24. The molecular formula is C20H16Br2O5. The van der Waals surface area contributed by atoms with Crippen LogP contribution in [-0.2, 0) is 6.42 Å². The second kappa shape index (κ2) is 7.78. The van der Waals surface area contributed by atoms with Crippen molar-refractivity contribution in [1.82, 2.24) is 0 Å². The lowest BCUT2D eigenvalue weighted by Gasteiger charge is -1.99. The maximum absolute atomic E-state index is 10.7. The fourth-order valence-electron chi connectivity index (χ4n) is 2.68. The van der Waals surface area contributed by atoms with Crippen LogP contribution in [0.1, 0.15) is 28.8 Å². The Morgan fingerprint density at radius 1 is 1.00 bits per heavy atom. The van der Waals surface area contributed by atoms with Gasteiger partial charge in [-0.2, -0.15) is 0 Å². The van der Waals surface area contributed by atoms with Gasteiger partial charge in [-0.3, -0.25) is 4.79 Å². The van der Waals surface area contributed by atoms with Crippen LogP contribution < -0.4 is 0 Å². The summed E-state index contributed by atoms with van der Waals surface area (Å²) in [5.41, 5.74) is 1.54. The third-order valence-electron chi connectivity index (χ3n) is 4.02. The summed E-state index contributed by atoms with van der Waals surface area (Å²) in [6, 6.07) is 8.52. The first-order valence-corrected chi connectivity index (χ1v) is 9.71. The molecule has 0 fully saturated rings. The van der Waals surface area contributed by atoms with Crippen molar-refractivity contribution in [3.8, 4) is 11.5 Å². The number of aromatic hydroxyl groups is 2. The van der Waals surface area contributed by atoms with Gasteiger partial charge < -0.3 is 19.0 Å². The highest BCUT2D eigenvalue weighted by molar-refractivity contribution is 9.11. The van der Waals surface area contributed by atoms with Crippen molar-refractivity contribution in [2.24, 2.45) is 0 Å². The van der Waals surface area contributed by atoms with Gasteiger partial charge in [0.05, 0.1) is 25.3 Å². The first-order valence-electron chi connectivity index (χ1n) is 8.12. The van der Waals surface area contributed by atoms with Gasteiger partial charge >= 0.3 is 0 Å². The summed E-state index contributed by atoms with van der Waals surface area (Å²) in [5, 5.41) is 20.5. The summed E-state index contributed by atoms with van der Waals surface area (Å²) in [5.74, 6) is 1.81. The third kappa shape index (κ3) is 3.75. The van der Waals surface area contributed by atoms with Crippen LogP contribution in [0.3, 0.4) is 0 Å². The Bertz CT molecular complexity index is 1100. The molecule has 4 aromatic rings. The van der Waals surface area contributed by atoms with Gasteiger partial charge in [0.1, 0.15) is 23.0 Å². The first-order chi connectivity index (χ1) is 12.8. The average molecular weight is 496 g/mol. The zero-order chi connectivity index (χ0) is 19.7. The molecule has 4 rings (SSSR count). The van der Waals surface area contributed by atoms with Crippen molar-refractivity contribution in [2.45, 2.75) is 20.3 Å². The van der Waals surface area contributed by atoms with Crippen LogP contribution in [0.15, 0.2) is 48.1 Å². The summed E-state index contributed by atoms with van der Waals surface area (Å²) < 4.78 is 12.4. The van der Waals surface area contributed by atoms with Crippen LogP contribution in [0.5, 0.6) is 11.5 Å². The Kier molecular flexibility index (Phi) is 5.62. The molecule has 2 N–H and O–H groups in total. The Hall–Kier alpha value is -2.25. The molecule has 0 radical (unpaired) electrons. The fraction of sp³-hybridized carbons (Fsp3) is 0.150.